The van der Waals surface area contributed by atoms with E-state index in [9.17, 15) is 4.79 Å². The van der Waals surface area contributed by atoms with Crippen molar-refractivity contribution in [3.05, 3.63) is 58.5 Å². The number of para-hydroxylation sites is 1. The highest BCUT2D eigenvalue weighted by atomic mass is 32.1. The molecule has 5 nitrogen and oxygen atoms in total. The minimum absolute atomic E-state index is 0.0129. The first-order valence-corrected chi connectivity index (χ1v) is 11.3. The first-order valence-electron chi connectivity index (χ1n) is 10.5. The molecule has 30 heavy (non-hydrogen) atoms. The van der Waals surface area contributed by atoms with E-state index in [1.54, 1.807) is 18.4 Å². The summed E-state index contributed by atoms with van der Waals surface area (Å²) in [5.74, 6) is 0.845. The number of nitrogens with one attached hydrogen (secondary N) is 1. The van der Waals surface area contributed by atoms with Gasteiger partial charge in [0.1, 0.15) is 5.75 Å². The molecule has 1 aliphatic heterocycles. The van der Waals surface area contributed by atoms with Gasteiger partial charge in [-0.1, -0.05) is 31.2 Å². The highest BCUT2D eigenvalue weighted by Gasteiger charge is 2.19. The van der Waals surface area contributed by atoms with Crippen LogP contribution in [0.5, 0.6) is 5.75 Å². The van der Waals surface area contributed by atoms with E-state index in [0.29, 0.717) is 6.54 Å². The quantitative estimate of drug-likeness (QED) is 0.615. The van der Waals surface area contributed by atoms with Crippen molar-refractivity contribution < 1.29 is 14.3 Å². The van der Waals surface area contributed by atoms with Crippen molar-refractivity contribution in [2.75, 3.05) is 44.9 Å². The molecule has 2 heterocycles. The van der Waals surface area contributed by atoms with Crippen molar-refractivity contribution in [1.82, 2.24) is 5.32 Å². The molecule has 1 fully saturated rings. The number of aryl methyl sites for hydroxylation is 1. The summed E-state index contributed by atoms with van der Waals surface area (Å²) < 4.78 is 12.1. The average Bonchev–Trinajstić information content (AvgIpc) is 3.25. The van der Waals surface area contributed by atoms with Crippen LogP contribution < -0.4 is 15.0 Å². The van der Waals surface area contributed by atoms with Crippen LogP contribution >= 0.6 is 11.3 Å². The number of ether oxygens (including phenoxy) is 2. The third kappa shape index (κ3) is 4.30. The first-order chi connectivity index (χ1) is 14.7. The van der Waals surface area contributed by atoms with Gasteiger partial charge in [-0.05, 0) is 47.6 Å². The van der Waals surface area contributed by atoms with Crippen LogP contribution in [0.3, 0.4) is 0 Å². The second-order valence-electron chi connectivity index (χ2n) is 7.37. The van der Waals surface area contributed by atoms with Crippen LogP contribution in [0.2, 0.25) is 0 Å². The van der Waals surface area contributed by atoms with Gasteiger partial charge in [-0.2, -0.15) is 0 Å². The maximum atomic E-state index is 12.9. The first kappa shape index (κ1) is 20.7. The number of amides is 1. The van der Waals surface area contributed by atoms with Crippen molar-refractivity contribution in [1.29, 1.82) is 0 Å². The van der Waals surface area contributed by atoms with Crippen LogP contribution in [-0.4, -0.2) is 45.9 Å². The highest BCUT2D eigenvalue weighted by Crippen LogP contribution is 2.37. The van der Waals surface area contributed by atoms with E-state index in [1.165, 1.54) is 21.3 Å². The molecule has 4 rings (SSSR count). The Balaban J connectivity index is 1.52. The van der Waals surface area contributed by atoms with Crippen LogP contribution in [0.4, 0.5) is 5.69 Å². The Morgan fingerprint density at radius 2 is 1.97 bits per heavy atom. The second-order valence-corrected chi connectivity index (χ2v) is 8.42. The lowest BCUT2D eigenvalue weighted by molar-refractivity contribution is 0.0958. The molecule has 3 aromatic rings. The van der Waals surface area contributed by atoms with Crippen LogP contribution in [-0.2, 0) is 17.6 Å². The number of nitrogens with zero attached hydrogens (tertiary/aromatic N) is 1. The van der Waals surface area contributed by atoms with Crippen molar-refractivity contribution in [3.63, 3.8) is 0 Å². The van der Waals surface area contributed by atoms with E-state index in [0.717, 1.165) is 55.3 Å². The highest BCUT2D eigenvalue weighted by molar-refractivity contribution is 7.21. The largest absolute Gasteiger partial charge is 0.496 e. The van der Waals surface area contributed by atoms with E-state index in [1.807, 2.05) is 24.3 Å². The summed E-state index contributed by atoms with van der Waals surface area (Å²) in [5.41, 5.74) is 3.59. The number of methoxy groups -OCH3 is 1. The van der Waals surface area contributed by atoms with E-state index < -0.39 is 0 Å². The minimum Gasteiger partial charge on any atom is -0.496 e. The minimum atomic E-state index is -0.0129. The molecule has 1 aromatic heterocycles. The van der Waals surface area contributed by atoms with Gasteiger partial charge in [-0.3, -0.25) is 4.79 Å². The van der Waals surface area contributed by atoms with Gasteiger partial charge in [0.2, 0.25) is 0 Å². The molecule has 0 atom stereocenters. The monoisotopic (exact) mass is 424 g/mol. The molecule has 1 N–H and O–H groups in total. The molecule has 1 aliphatic rings. The maximum Gasteiger partial charge on any atom is 0.261 e. The molecule has 0 aliphatic carbocycles. The molecule has 0 saturated carbocycles. The molecular weight excluding hydrogens is 396 g/mol. The Labute approximate surface area is 181 Å². The number of benzene rings is 2. The van der Waals surface area contributed by atoms with Crippen molar-refractivity contribution in [2.45, 2.75) is 19.8 Å². The van der Waals surface area contributed by atoms with Crippen molar-refractivity contribution in [3.8, 4) is 5.75 Å². The number of carbonyl (C=O) groups excluding carboxylic acids is 1. The number of rotatable bonds is 7. The van der Waals surface area contributed by atoms with Gasteiger partial charge in [0.25, 0.3) is 5.91 Å². The van der Waals surface area contributed by atoms with Crippen LogP contribution in [0.15, 0.2) is 42.5 Å². The predicted molar refractivity (Wildman–Crippen MR) is 123 cm³/mol. The molecule has 0 unspecified atom stereocenters. The van der Waals surface area contributed by atoms with E-state index in [-0.39, 0.29) is 5.91 Å². The zero-order valence-electron chi connectivity index (χ0n) is 17.6. The molecule has 0 bridgehead atoms. The fourth-order valence-corrected chi connectivity index (χ4v) is 5.11. The van der Waals surface area contributed by atoms with Gasteiger partial charge >= 0.3 is 0 Å². The normalized spacial score (nSPS) is 14.1. The maximum absolute atomic E-state index is 12.9. The summed E-state index contributed by atoms with van der Waals surface area (Å²) in [7, 11) is 1.67. The van der Waals surface area contributed by atoms with E-state index in [4.69, 9.17) is 9.47 Å². The fourth-order valence-electron chi connectivity index (χ4n) is 3.95. The zero-order valence-corrected chi connectivity index (χ0v) is 18.4. The standard InChI is InChI=1S/C24H28N2O3S/c1-3-17-8-9-20(26-12-14-29-15-13-26)23-19(17)16-22(30-23)24(27)25-11-10-18-6-4-5-7-21(18)28-2/h4-9,16H,3,10-15H2,1-2H3,(H,25,27). The van der Waals surface area contributed by atoms with E-state index >= 15 is 0 Å². The lowest BCUT2D eigenvalue weighted by Crippen LogP contribution is -2.36. The van der Waals surface area contributed by atoms with Gasteiger partial charge in [-0.25, -0.2) is 0 Å². The van der Waals surface area contributed by atoms with Gasteiger partial charge in [0.15, 0.2) is 0 Å². The van der Waals surface area contributed by atoms with Gasteiger partial charge < -0.3 is 19.7 Å². The molecule has 6 heteroatoms. The number of fused-ring (bicyclic) bond motifs is 1. The van der Waals surface area contributed by atoms with Crippen LogP contribution in [0.25, 0.3) is 10.1 Å². The van der Waals surface area contributed by atoms with Crippen molar-refractivity contribution >= 4 is 33.0 Å². The number of anilines is 1. The van der Waals surface area contributed by atoms with Gasteiger partial charge in [0.05, 0.1) is 35.6 Å². The van der Waals surface area contributed by atoms with Gasteiger partial charge in [-0.15, -0.1) is 11.3 Å². The third-order valence-corrected chi connectivity index (χ3v) is 6.74. The van der Waals surface area contributed by atoms with Crippen LogP contribution in [0, 0.1) is 0 Å². The number of hydrogen-bond donors (Lipinski definition) is 1. The molecule has 0 radical (unpaired) electrons. The number of morpholine rings is 1. The number of thiophene rings is 1. The molecule has 1 amide bonds. The summed E-state index contributed by atoms with van der Waals surface area (Å²) >= 11 is 1.59. The lowest BCUT2D eigenvalue weighted by atomic mass is 10.1. The Bertz CT molecular complexity index is 1020. The average molecular weight is 425 g/mol. The van der Waals surface area contributed by atoms with Crippen molar-refractivity contribution in [2.24, 2.45) is 0 Å². The zero-order chi connectivity index (χ0) is 20.9. The Kier molecular flexibility index (Phi) is 6.55. The van der Waals surface area contributed by atoms with Gasteiger partial charge in [0, 0.05) is 19.6 Å². The summed E-state index contributed by atoms with van der Waals surface area (Å²) in [5, 5.41) is 4.27. The number of hydrogen-bond acceptors (Lipinski definition) is 5. The molecule has 0 spiro atoms. The van der Waals surface area contributed by atoms with E-state index in [2.05, 4.69) is 35.3 Å². The number of carbonyl (C=O) groups is 1. The topological polar surface area (TPSA) is 50.8 Å². The summed E-state index contributed by atoms with van der Waals surface area (Å²) in [6, 6.07) is 14.4. The SMILES string of the molecule is CCc1ccc(N2CCOCC2)c2sc(C(=O)NCCc3ccccc3OC)cc12. The molecule has 1 saturated heterocycles. The van der Waals surface area contributed by atoms with Crippen LogP contribution in [0.1, 0.15) is 27.7 Å². The molecular formula is C24H28N2O3S. The third-order valence-electron chi connectivity index (χ3n) is 5.58. The molecule has 2 aromatic carbocycles. The smallest absolute Gasteiger partial charge is 0.261 e. The Morgan fingerprint density at radius 3 is 2.73 bits per heavy atom. The Morgan fingerprint density at radius 1 is 1.17 bits per heavy atom. The molecule has 158 valence electrons. The summed E-state index contributed by atoms with van der Waals surface area (Å²) in [6.45, 7) is 6.01. The predicted octanol–water partition coefficient (Wildman–Crippen LogP) is 4.28. The Hall–Kier alpha value is -2.57. The summed E-state index contributed by atoms with van der Waals surface area (Å²) in [6.07, 6.45) is 1.69. The fraction of sp³-hybridized carbons (Fsp3) is 0.375. The lowest BCUT2D eigenvalue weighted by Gasteiger charge is -2.29. The second kappa shape index (κ2) is 9.49. The summed E-state index contributed by atoms with van der Waals surface area (Å²) in [4.78, 5) is 16.0.